The van der Waals surface area contributed by atoms with Gasteiger partial charge in [-0.3, -0.25) is 14.3 Å². The first-order chi connectivity index (χ1) is 15.8. The Bertz CT molecular complexity index is 1030. The molecular weight excluding hydrogens is 418 g/mol. The molecule has 1 saturated carbocycles. The second kappa shape index (κ2) is 9.88. The van der Waals surface area contributed by atoms with Crippen molar-refractivity contribution in [2.75, 3.05) is 31.9 Å². The molecule has 0 atom stereocenters. The van der Waals surface area contributed by atoms with Crippen LogP contribution < -0.4 is 0 Å². The van der Waals surface area contributed by atoms with Crippen LogP contribution in [-0.4, -0.2) is 68.4 Å². The molecule has 2 aromatic carbocycles. The maximum atomic E-state index is 13.0. The monoisotopic (exact) mass is 447 g/mol. The lowest BCUT2D eigenvalue weighted by Gasteiger charge is -2.38. The van der Waals surface area contributed by atoms with Crippen LogP contribution in [0.3, 0.4) is 0 Å². The number of hydrogen-bond acceptors (Lipinski definition) is 5. The number of carbonyl (C=O) groups is 1. The number of piperazine rings is 1. The Morgan fingerprint density at radius 3 is 2.22 bits per heavy atom. The van der Waals surface area contributed by atoms with Crippen LogP contribution in [0.15, 0.2) is 65.8 Å². The van der Waals surface area contributed by atoms with E-state index < -0.39 is 0 Å². The fraction of sp³-hybridized carbons (Fsp3) is 0.400. The Morgan fingerprint density at radius 2 is 1.53 bits per heavy atom. The van der Waals surface area contributed by atoms with Gasteiger partial charge in [0.2, 0.25) is 5.91 Å². The van der Waals surface area contributed by atoms with E-state index in [4.69, 9.17) is 0 Å². The molecule has 1 aromatic heterocycles. The van der Waals surface area contributed by atoms with Gasteiger partial charge in [0.25, 0.3) is 0 Å². The lowest BCUT2D eigenvalue weighted by atomic mass is 10.2. The van der Waals surface area contributed by atoms with Crippen LogP contribution in [0.2, 0.25) is 0 Å². The quantitative estimate of drug-likeness (QED) is 0.532. The van der Waals surface area contributed by atoms with E-state index in [9.17, 15) is 4.79 Å². The highest BCUT2D eigenvalue weighted by molar-refractivity contribution is 7.99. The normalized spacial score (nSPS) is 17.7. The van der Waals surface area contributed by atoms with E-state index in [1.165, 1.54) is 37.4 Å². The van der Waals surface area contributed by atoms with Crippen molar-refractivity contribution in [2.45, 2.75) is 36.9 Å². The maximum Gasteiger partial charge on any atom is 0.233 e. The molecule has 1 aliphatic carbocycles. The molecule has 1 aliphatic heterocycles. The molecule has 1 amide bonds. The molecule has 0 unspecified atom stereocenters. The van der Waals surface area contributed by atoms with Crippen LogP contribution >= 0.6 is 11.8 Å². The zero-order valence-electron chi connectivity index (χ0n) is 18.3. The van der Waals surface area contributed by atoms with Crippen molar-refractivity contribution in [3.05, 3.63) is 60.7 Å². The molecule has 0 N–H and O–H groups in total. The largest absolute Gasteiger partial charge is 0.339 e. The van der Waals surface area contributed by atoms with E-state index in [2.05, 4.69) is 15.1 Å². The van der Waals surface area contributed by atoms with Gasteiger partial charge in [-0.15, -0.1) is 10.2 Å². The molecule has 6 nitrogen and oxygen atoms in total. The number of para-hydroxylation sites is 1. The molecule has 1 saturated heterocycles. The lowest BCUT2D eigenvalue weighted by molar-refractivity contribution is -0.130. The topological polar surface area (TPSA) is 54.3 Å². The zero-order chi connectivity index (χ0) is 21.8. The number of thioether (sulfide) groups is 1. The van der Waals surface area contributed by atoms with E-state index in [1.54, 1.807) is 0 Å². The Balaban J connectivity index is 1.27. The highest BCUT2D eigenvalue weighted by Crippen LogP contribution is 2.28. The standard InChI is InChI=1S/C25H29N5OS/c31-23(29-17-15-28(16-18-29)21-11-7-8-12-21)19-32-25-27-26-24(20-9-3-1-4-10-20)30(25)22-13-5-2-6-14-22/h1-6,9-10,13-14,21H,7-8,11-12,15-19H2. The summed E-state index contributed by atoms with van der Waals surface area (Å²) in [5.41, 5.74) is 2.00. The number of hydrogen-bond donors (Lipinski definition) is 0. The first kappa shape index (κ1) is 21.2. The highest BCUT2D eigenvalue weighted by atomic mass is 32.2. The predicted molar refractivity (Wildman–Crippen MR) is 128 cm³/mol. The van der Waals surface area contributed by atoms with E-state index >= 15 is 0 Å². The number of aromatic nitrogens is 3. The summed E-state index contributed by atoms with van der Waals surface area (Å²) in [7, 11) is 0. The van der Waals surface area contributed by atoms with Crippen molar-refractivity contribution >= 4 is 17.7 Å². The molecular formula is C25H29N5OS. The van der Waals surface area contributed by atoms with Gasteiger partial charge in [-0.25, -0.2) is 0 Å². The Hall–Kier alpha value is -2.64. The van der Waals surface area contributed by atoms with Gasteiger partial charge in [0.05, 0.1) is 5.75 Å². The number of carbonyl (C=O) groups excluding carboxylic acids is 1. The van der Waals surface area contributed by atoms with Crippen LogP contribution in [0.5, 0.6) is 0 Å². The third-order valence-electron chi connectivity index (χ3n) is 6.51. The van der Waals surface area contributed by atoms with Crippen LogP contribution in [0.1, 0.15) is 25.7 Å². The summed E-state index contributed by atoms with van der Waals surface area (Å²) in [4.78, 5) is 17.6. The van der Waals surface area contributed by atoms with Crippen molar-refractivity contribution in [2.24, 2.45) is 0 Å². The molecule has 2 aliphatic rings. The van der Waals surface area contributed by atoms with E-state index in [-0.39, 0.29) is 5.91 Å². The fourth-order valence-electron chi connectivity index (χ4n) is 4.77. The Labute approximate surface area is 193 Å². The molecule has 7 heteroatoms. The Morgan fingerprint density at radius 1 is 0.875 bits per heavy atom. The van der Waals surface area contributed by atoms with Crippen molar-refractivity contribution < 1.29 is 4.79 Å². The smallest absolute Gasteiger partial charge is 0.233 e. The molecule has 0 bridgehead atoms. The zero-order valence-corrected chi connectivity index (χ0v) is 19.1. The molecule has 32 heavy (non-hydrogen) atoms. The molecule has 3 aromatic rings. The third kappa shape index (κ3) is 4.59. The molecule has 0 radical (unpaired) electrons. The fourth-order valence-corrected chi connectivity index (χ4v) is 5.63. The minimum atomic E-state index is 0.185. The van der Waals surface area contributed by atoms with Crippen LogP contribution in [-0.2, 0) is 4.79 Å². The van der Waals surface area contributed by atoms with Gasteiger partial charge in [0.1, 0.15) is 0 Å². The van der Waals surface area contributed by atoms with Crippen LogP contribution in [0.25, 0.3) is 17.1 Å². The summed E-state index contributed by atoms with van der Waals surface area (Å²) in [6.07, 6.45) is 5.35. The van der Waals surface area contributed by atoms with Crippen molar-refractivity contribution in [1.82, 2.24) is 24.6 Å². The van der Waals surface area contributed by atoms with E-state index in [0.29, 0.717) is 5.75 Å². The van der Waals surface area contributed by atoms with Crippen molar-refractivity contribution in [3.63, 3.8) is 0 Å². The van der Waals surface area contributed by atoms with Gasteiger partial charge in [0.15, 0.2) is 11.0 Å². The number of benzene rings is 2. The summed E-state index contributed by atoms with van der Waals surface area (Å²) < 4.78 is 2.05. The van der Waals surface area contributed by atoms with Crippen LogP contribution in [0.4, 0.5) is 0 Å². The average molecular weight is 448 g/mol. The summed E-state index contributed by atoms with van der Waals surface area (Å²) in [6, 6.07) is 20.9. The van der Waals surface area contributed by atoms with Gasteiger partial charge in [-0.05, 0) is 25.0 Å². The number of nitrogens with zero attached hydrogens (tertiary/aromatic N) is 5. The minimum Gasteiger partial charge on any atom is -0.339 e. The lowest BCUT2D eigenvalue weighted by Crippen LogP contribution is -2.51. The number of rotatable bonds is 6. The van der Waals surface area contributed by atoms with Gasteiger partial charge in [-0.2, -0.15) is 0 Å². The first-order valence-corrected chi connectivity index (χ1v) is 12.5. The first-order valence-electron chi connectivity index (χ1n) is 11.5. The third-order valence-corrected chi connectivity index (χ3v) is 7.43. The molecule has 2 fully saturated rings. The summed E-state index contributed by atoms with van der Waals surface area (Å²) in [5, 5.41) is 9.66. The summed E-state index contributed by atoms with van der Waals surface area (Å²) in [5.74, 6) is 1.35. The van der Waals surface area contributed by atoms with Crippen LogP contribution in [0, 0.1) is 0 Å². The second-order valence-electron chi connectivity index (χ2n) is 8.49. The van der Waals surface area contributed by atoms with Gasteiger partial charge in [0, 0.05) is 43.5 Å². The molecule has 5 rings (SSSR count). The summed E-state index contributed by atoms with van der Waals surface area (Å²) in [6.45, 7) is 3.66. The predicted octanol–water partition coefficient (Wildman–Crippen LogP) is 4.11. The maximum absolute atomic E-state index is 13.0. The van der Waals surface area contributed by atoms with Crippen molar-refractivity contribution in [3.8, 4) is 17.1 Å². The van der Waals surface area contributed by atoms with Gasteiger partial charge < -0.3 is 4.90 Å². The summed E-state index contributed by atoms with van der Waals surface area (Å²) >= 11 is 1.47. The molecule has 166 valence electrons. The molecule has 0 spiro atoms. The SMILES string of the molecule is O=C(CSc1nnc(-c2ccccc2)n1-c1ccccc1)N1CCN(C2CCCC2)CC1. The minimum absolute atomic E-state index is 0.185. The number of amides is 1. The molecule has 2 heterocycles. The highest BCUT2D eigenvalue weighted by Gasteiger charge is 2.28. The van der Waals surface area contributed by atoms with Crippen molar-refractivity contribution in [1.29, 1.82) is 0 Å². The van der Waals surface area contributed by atoms with E-state index in [1.807, 2.05) is 70.1 Å². The second-order valence-corrected chi connectivity index (χ2v) is 9.43. The average Bonchev–Trinajstić information content (AvgIpc) is 3.54. The van der Waals surface area contributed by atoms with Gasteiger partial charge >= 0.3 is 0 Å². The van der Waals surface area contributed by atoms with E-state index in [0.717, 1.165) is 54.5 Å². The van der Waals surface area contributed by atoms with Gasteiger partial charge in [-0.1, -0.05) is 73.1 Å². The Kier molecular flexibility index (Phi) is 6.55.